The summed E-state index contributed by atoms with van der Waals surface area (Å²) in [5, 5.41) is 11.5. The lowest BCUT2D eigenvalue weighted by Gasteiger charge is -2.11. The molecule has 0 aliphatic carbocycles. The van der Waals surface area contributed by atoms with Crippen molar-refractivity contribution in [2.24, 2.45) is 0 Å². The molecule has 34 heavy (non-hydrogen) atoms. The molecule has 8 heteroatoms. The molecule has 176 valence electrons. The summed E-state index contributed by atoms with van der Waals surface area (Å²) in [7, 11) is 1.62. The van der Waals surface area contributed by atoms with Crippen LogP contribution in [-0.2, 0) is 9.53 Å². The molecule has 0 atom stereocenters. The van der Waals surface area contributed by atoms with E-state index in [0.29, 0.717) is 41.3 Å². The van der Waals surface area contributed by atoms with Crippen LogP contribution in [0.1, 0.15) is 27.1 Å². The van der Waals surface area contributed by atoms with Crippen LogP contribution in [-0.4, -0.2) is 44.5 Å². The molecule has 0 saturated carbocycles. The van der Waals surface area contributed by atoms with Gasteiger partial charge in [-0.1, -0.05) is 24.3 Å². The van der Waals surface area contributed by atoms with E-state index in [1.54, 1.807) is 73.8 Å². The largest absolute Gasteiger partial charge is 0.385 e. The number of amides is 3. The maximum absolute atomic E-state index is 12.3. The van der Waals surface area contributed by atoms with Crippen molar-refractivity contribution < 1.29 is 19.1 Å². The molecule has 4 N–H and O–H groups in total. The van der Waals surface area contributed by atoms with Gasteiger partial charge in [0, 0.05) is 48.5 Å². The number of hydrogen-bond donors (Lipinski definition) is 4. The summed E-state index contributed by atoms with van der Waals surface area (Å²) in [6, 6.07) is 22.8. The molecule has 3 aromatic carbocycles. The zero-order valence-electron chi connectivity index (χ0n) is 19.0. The number of carbonyl (C=O) groups excluding carboxylic acids is 3. The maximum atomic E-state index is 12.3. The van der Waals surface area contributed by atoms with Gasteiger partial charge < -0.3 is 26.0 Å². The van der Waals surface area contributed by atoms with Crippen LogP contribution in [0.2, 0.25) is 0 Å². The lowest BCUT2D eigenvalue weighted by atomic mass is 10.2. The number of nitrogens with one attached hydrogen (secondary N) is 4. The Balaban J connectivity index is 1.46. The quantitative estimate of drug-likeness (QED) is 0.326. The molecule has 0 spiro atoms. The second-order valence-corrected chi connectivity index (χ2v) is 7.48. The van der Waals surface area contributed by atoms with Gasteiger partial charge in [-0.2, -0.15) is 0 Å². The van der Waals surface area contributed by atoms with Gasteiger partial charge in [0.1, 0.15) is 0 Å². The van der Waals surface area contributed by atoms with Crippen LogP contribution in [0.5, 0.6) is 0 Å². The lowest BCUT2D eigenvalue weighted by Crippen LogP contribution is -2.25. The van der Waals surface area contributed by atoms with Crippen molar-refractivity contribution in [3.63, 3.8) is 0 Å². The van der Waals surface area contributed by atoms with E-state index >= 15 is 0 Å². The topological polar surface area (TPSA) is 109 Å². The summed E-state index contributed by atoms with van der Waals surface area (Å²) in [6.45, 7) is 1.16. The molecule has 0 aliphatic heterocycles. The summed E-state index contributed by atoms with van der Waals surface area (Å²) in [4.78, 5) is 36.7. The van der Waals surface area contributed by atoms with Crippen molar-refractivity contribution in [2.45, 2.75) is 6.42 Å². The SMILES string of the molecule is COCCCNC(=O)c1ccc(NC(=O)CNc2cccc(NC(=O)c3ccccc3)c2)cc1. The van der Waals surface area contributed by atoms with Gasteiger partial charge in [0.25, 0.3) is 11.8 Å². The zero-order valence-corrected chi connectivity index (χ0v) is 19.0. The van der Waals surface area contributed by atoms with Gasteiger partial charge in [0.15, 0.2) is 0 Å². The highest BCUT2D eigenvalue weighted by atomic mass is 16.5. The Bertz CT molecular complexity index is 1100. The van der Waals surface area contributed by atoms with Gasteiger partial charge in [0.05, 0.1) is 6.54 Å². The number of ether oxygens (including phenoxy) is 1. The van der Waals surface area contributed by atoms with Crippen molar-refractivity contribution in [3.8, 4) is 0 Å². The van der Waals surface area contributed by atoms with Gasteiger partial charge in [-0.3, -0.25) is 14.4 Å². The summed E-state index contributed by atoms with van der Waals surface area (Å²) in [6.07, 6.45) is 0.742. The molecule has 3 aromatic rings. The van der Waals surface area contributed by atoms with Gasteiger partial charge in [-0.25, -0.2) is 0 Å². The molecule has 8 nitrogen and oxygen atoms in total. The van der Waals surface area contributed by atoms with Crippen LogP contribution in [0, 0.1) is 0 Å². The van der Waals surface area contributed by atoms with E-state index in [-0.39, 0.29) is 24.3 Å². The van der Waals surface area contributed by atoms with E-state index in [0.717, 1.165) is 6.42 Å². The summed E-state index contributed by atoms with van der Waals surface area (Å²) < 4.78 is 4.95. The predicted molar refractivity (Wildman–Crippen MR) is 133 cm³/mol. The predicted octanol–water partition coefficient (Wildman–Crippen LogP) is 3.76. The molecule has 0 fully saturated rings. The van der Waals surface area contributed by atoms with Gasteiger partial charge >= 0.3 is 0 Å². The first-order valence-corrected chi connectivity index (χ1v) is 10.9. The fourth-order valence-corrected chi connectivity index (χ4v) is 3.11. The van der Waals surface area contributed by atoms with Crippen LogP contribution in [0.15, 0.2) is 78.9 Å². The first kappa shape index (κ1) is 24.5. The maximum Gasteiger partial charge on any atom is 0.255 e. The Morgan fingerprint density at radius 2 is 1.44 bits per heavy atom. The average molecular weight is 461 g/mol. The molecule has 3 amide bonds. The van der Waals surface area contributed by atoms with Crippen LogP contribution >= 0.6 is 0 Å². The fraction of sp³-hybridized carbons (Fsp3) is 0.192. The number of benzene rings is 3. The number of methoxy groups -OCH3 is 1. The minimum absolute atomic E-state index is 0.0395. The van der Waals surface area contributed by atoms with Crippen LogP contribution in [0.25, 0.3) is 0 Å². The second kappa shape index (κ2) is 12.8. The van der Waals surface area contributed by atoms with Gasteiger partial charge in [0.2, 0.25) is 5.91 Å². The van der Waals surface area contributed by atoms with Gasteiger partial charge in [-0.05, 0) is 61.0 Å². The van der Waals surface area contributed by atoms with Crippen molar-refractivity contribution in [1.29, 1.82) is 0 Å². The monoisotopic (exact) mass is 460 g/mol. The van der Waals surface area contributed by atoms with Crippen molar-refractivity contribution in [1.82, 2.24) is 5.32 Å². The van der Waals surface area contributed by atoms with Crippen LogP contribution in [0.4, 0.5) is 17.1 Å². The fourth-order valence-electron chi connectivity index (χ4n) is 3.11. The Morgan fingerprint density at radius 1 is 0.735 bits per heavy atom. The minimum atomic E-state index is -0.240. The third-order valence-corrected chi connectivity index (χ3v) is 4.85. The first-order valence-electron chi connectivity index (χ1n) is 10.9. The molecular weight excluding hydrogens is 432 g/mol. The smallest absolute Gasteiger partial charge is 0.255 e. The second-order valence-electron chi connectivity index (χ2n) is 7.48. The molecule has 0 heterocycles. The van der Waals surface area contributed by atoms with Crippen molar-refractivity contribution >= 4 is 34.8 Å². The van der Waals surface area contributed by atoms with E-state index in [2.05, 4.69) is 21.3 Å². The molecule has 0 aliphatic rings. The molecule has 0 unspecified atom stereocenters. The standard InChI is InChI=1S/C26H28N4O4/c1-34-16-6-15-27-25(32)20-11-13-21(14-12-20)29-24(31)18-28-22-9-5-10-23(17-22)30-26(33)19-7-3-2-4-8-19/h2-5,7-14,17,28H,6,15-16,18H2,1H3,(H,27,32)(H,29,31)(H,30,33). The number of anilines is 3. The molecule has 3 rings (SSSR count). The Kier molecular flexibility index (Phi) is 9.19. The highest BCUT2D eigenvalue weighted by Gasteiger charge is 2.08. The summed E-state index contributed by atoms with van der Waals surface area (Å²) in [5.74, 6) is -0.618. The zero-order chi connectivity index (χ0) is 24.2. The summed E-state index contributed by atoms with van der Waals surface area (Å²) in [5.41, 5.74) is 2.99. The van der Waals surface area contributed by atoms with E-state index in [4.69, 9.17) is 4.74 Å². The Labute approximate surface area is 198 Å². The Hall–Kier alpha value is -4.17. The van der Waals surface area contributed by atoms with Crippen molar-refractivity contribution in [3.05, 3.63) is 90.0 Å². The highest BCUT2D eigenvalue weighted by Crippen LogP contribution is 2.16. The van der Waals surface area contributed by atoms with Crippen LogP contribution in [0.3, 0.4) is 0 Å². The summed E-state index contributed by atoms with van der Waals surface area (Å²) >= 11 is 0. The average Bonchev–Trinajstić information content (AvgIpc) is 2.86. The third-order valence-electron chi connectivity index (χ3n) is 4.85. The van der Waals surface area contributed by atoms with Crippen molar-refractivity contribution in [2.75, 3.05) is 42.8 Å². The van der Waals surface area contributed by atoms with E-state index < -0.39 is 0 Å². The Morgan fingerprint density at radius 3 is 2.18 bits per heavy atom. The molecule has 0 saturated heterocycles. The minimum Gasteiger partial charge on any atom is -0.385 e. The molecular formula is C26H28N4O4. The molecule has 0 radical (unpaired) electrons. The van der Waals surface area contributed by atoms with E-state index in [1.165, 1.54) is 0 Å². The number of rotatable bonds is 11. The van der Waals surface area contributed by atoms with E-state index in [1.807, 2.05) is 12.1 Å². The third kappa shape index (κ3) is 7.75. The lowest BCUT2D eigenvalue weighted by molar-refractivity contribution is -0.114. The first-order chi connectivity index (χ1) is 16.5. The van der Waals surface area contributed by atoms with Gasteiger partial charge in [-0.15, -0.1) is 0 Å². The van der Waals surface area contributed by atoms with E-state index in [9.17, 15) is 14.4 Å². The number of hydrogen-bond acceptors (Lipinski definition) is 5. The number of carbonyl (C=O) groups is 3. The van der Waals surface area contributed by atoms with Crippen LogP contribution < -0.4 is 21.3 Å². The normalized spacial score (nSPS) is 10.3. The molecule has 0 aromatic heterocycles. The highest BCUT2D eigenvalue weighted by molar-refractivity contribution is 6.04. The molecule has 0 bridgehead atoms.